The predicted octanol–water partition coefficient (Wildman–Crippen LogP) is 5.16. The lowest BCUT2D eigenvalue weighted by atomic mass is 10.2. The van der Waals surface area contributed by atoms with E-state index in [-0.39, 0.29) is 5.91 Å². The first-order valence-corrected chi connectivity index (χ1v) is 9.95. The van der Waals surface area contributed by atoms with Gasteiger partial charge in [-0.15, -0.1) is 0 Å². The zero-order valence-corrected chi connectivity index (χ0v) is 17.7. The predicted molar refractivity (Wildman–Crippen MR) is 125 cm³/mol. The largest absolute Gasteiger partial charge is 0.493 e. The van der Waals surface area contributed by atoms with Gasteiger partial charge >= 0.3 is 0 Å². The van der Waals surface area contributed by atoms with Crippen molar-refractivity contribution in [2.75, 3.05) is 24.9 Å². The molecule has 0 spiro atoms. The normalized spacial score (nSPS) is 10.3. The first-order chi connectivity index (χ1) is 15.7. The summed E-state index contributed by atoms with van der Waals surface area (Å²) >= 11 is 0. The van der Waals surface area contributed by atoms with E-state index in [2.05, 4.69) is 20.6 Å². The Bertz CT molecular complexity index is 1210. The highest BCUT2D eigenvalue weighted by molar-refractivity contribution is 6.04. The average Bonchev–Trinajstić information content (AvgIpc) is 2.85. The topological polar surface area (TPSA) is 85.4 Å². The summed E-state index contributed by atoms with van der Waals surface area (Å²) in [6.07, 6.45) is 1.71. The van der Waals surface area contributed by atoms with E-state index in [9.17, 15) is 4.79 Å². The Kier molecular flexibility index (Phi) is 6.27. The second kappa shape index (κ2) is 9.61. The van der Waals surface area contributed by atoms with Crippen LogP contribution in [0.25, 0.3) is 11.4 Å². The number of amides is 1. The first kappa shape index (κ1) is 20.9. The molecule has 0 aliphatic carbocycles. The molecule has 4 rings (SSSR count). The number of ether oxygens (including phenoxy) is 2. The summed E-state index contributed by atoms with van der Waals surface area (Å²) in [4.78, 5) is 21.5. The number of methoxy groups -OCH3 is 2. The van der Waals surface area contributed by atoms with Crippen LogP contribution in [-0.2, 0) is 0 Å². The van der Waals surface area contributed by atoms with Gasteiger partial charge in [-0.1, -0.05) is 30.3 Å². The molecule has 160 valence electrons. The number of nitrogens with one attached hydrogen (secondary N) is 2. The quantitative estimate of drug-likeness (QED) is 0.425. The molecular formula is C25H22N4O3. The molecule has 0 fully saturated rings. The third kappa shape index (κ3) is 4.84. The second-order valence-corrected chi connectivity index (χ2v) is 6.86. The molecule has 32 heavy (non-hydrogen) atoms. The van der Waals surface area contributed by atoms with Crippen molar-refractivity contribution in [2.45, 2.75) is 0 Å². The Morgan fingerprint density at radius 3 is 2.25 bits per heavy atom. The molecule has 2 N–H and O–H groups in total. The van der Waals surface area contributed by atoms with Gasteiger partial charge in [-0.2, -0.15) is 0 Å². The highest BCUT2D eigenvalue weighted by Crippen LogP contribution is 2.30. The minimum Gasteiger partial charge on any atom is -0.493 e. The molecule has 0 atom stereocenters. The van der Waals surface area contributed by atoms with Crippen LogP contribution >= 0.6 is 0 Å². The van der Waals surface area contributed by atoms with Crippen molar-refractivity contribution < 1.29 is 14.3 Å². The van der Waals surface area contributed by atoms with E-state index in [1.54, 1.807) is 56.8 Å². The molecule has 0 unspecified atom stereocenters. The van der Waals surface area contributed by atoms with Crippen LogP contribution in [0.3, 0.4) is 0 Å². The maximum absolute atomic E-state index is 12.6. The lowest BCUT2D eigenvalue weighted by Crippen LogP contribution is -2.12. The lowest BCUT2D eigenvalue weighted by Gasteiger charge is -2.11. The Labute approximate surface area is 186 Å². The number of anilines is 3. The second-order valence-electron chi connectivity index (χ2n) is 6.86. The smallest absolute Gasteiger partial charge is 0.255 e. The summed E-state index contributed by atoms with van der Waals surface area (Å²) in [6.45, 7) is 0. The summed E-state index contributed by atoms with van der Waals surface area (Å²) in [5, 5.41) is 6.11. The first-order valence-electron chi connectivity index (χ1n) is 9.95. The van der Waals surface area contributed by atoms with Crippen molar-refractivity contribution in [3.63, 3.8) is 0 Å². The van der Waals surface area contributed by atoms with Gasteiger partial charge in [-0.05, 0) is 42.5 Å². The molecular weight excluding hydrogens is 404 g/mol. The van der Waals surface area contributed by atoms with Crippen LogP contribution in [0.4, 0.5) is 17.2 Å². The summed E-state index contributed by atoms with van der Waals surface area (Å²) in [5.74, 6) is 2.23. The highest BCUT2D eigenvalue weighted by Gasteiger charge is 2.10. The molecule has 7 nitrogen and oxygen atoms in total. The monoisotopic (exact) mass is 426 g/mol. The molecule has 0 aliphatic rings. The van der Waals surface area contributed by atoms with Gasteiger partial charge in [0.1, 0.15) is 5.82 Å². The summed E-state index contributed by atoms with van der Waals surface area (Å²) < 4.78 is 10.5. The van der Waals surface area contributed by atoms with Gasteiger partial charge < -0.3 is 20.1 Å². The van der Waals surface area contributed by atoms with Crippen molar-refractivity contribution in [1.29, 1.82) is 0 Å². The average molecular weight is 426 g/mol. The summed E-state index contributed by atoms with van der Waals surface area (Å²) in [6, 6.07) is 23.9. The van der Waals surface area contributed by atoms with E-state index < -0.39 is 0 Å². The maximum Gasteiger partial charge on any atom is 0.255 e. The minimum absolute atomic E-state index is 0.225. The Morgan fingerprint density at radius 2 is 1.53 bits per heavy atom. The van der Waals surface area contributed by atoms with Crippen LogP contribution in [0.2, 0.25) is 0 Å². The Hall–Kier alpha value is -4.39. The number of nitrogens with zero attached hydrogens (tertiary/aromatic N) is 2. The van der Waals surface area contributed by atoms with Gasteiger partial charge in [0, 0.05) is 34.8 Å². The van der Waals surface area contributed by atoms with E-state index in [1.807, 2.05) is 42.5 Å². The number of hydrogen-bond acceptors (Lipinski definition) is 6. The van der Waals surface area contributed by atoms with Crippen LogP contribution in [-0.4, -0.2) is 30.1 Å². The lowest BCUT2D eigenvalue weighted by molar-refractivity contribution is 0.102. The molecule has 1 aromatic heterocycles. The van der Waals surface area contributed by atoms with E-state index >= 15 is 0 Å². The van der Waals surface area contributed by atoms with E-state index in [4.69, 9.17) is 9.47 Å². The van der Waals surface area contributed by atoms with Crippen molar-refractivity contribution in [3.8, 4) is 22.9 Å². The molecule has 0 saturated heterocycles. The molecule has 7 heteroatoms. The fraction of sp³-hybridized carbons (Fsp3) is 0.0800. The summed E-state index contributed by atoms with van der Waals surface area (Å²) in [7, 11) is 3.12. The van der Waals surface area contributed by atoms with Crippen molar-refractivity contribution in [1.82, 2.24) is 9.97 Å². The van der Waals surface area contributed by atoms with Crippen LogP contribution < -0.4 is 20.1 Å². The van der Waals surface area contributed by atoms with Crippen molar-refractivity contribution in [2.24, 2.45) is 0 Å². The van der Waals surface area contributed by atoms with E-state index in [1.165, 1.54) is 0 Å². The number of benzene rings is 3. The van der Waals surface area contributed by atoms with Crippen LogP contribution in [0.5, 0.6) is 11.5 Å². The van der Waals surface area contributed by atoms with Gasteiger partial charge in [-0.3, -0.25) is 4.79 Å². The van der Waals surface area contributed by atoms with Crippen molar-refractivity contribution in [3.05, 3.63) is 90.6 Å². The number of hydrogen-bond donors (Lipinski definition) is 2. The standard InChI is InChI=1S/C25H22N4O3/c1-31-21-13-12-20(16-22(21)32-2)28-25(30)18-8-10-19(11-9-18)27-23-14-15-26-24(29-23)17-6-4-3-5-7-17/h3-16H,1-2H3,(H,28,30)(H,26,27,29). The fourth-order valence-electron chi connectivity index (χ4n) is 3.12. The van der Waals surface area contributed by atoms with Crippen LogP contribution in [0.15, 0.2) is 85.1 Å². The summed E-state index contributed by atoms with van der Waals surface area (Å²) in [5.41, 5.74) is 2.89. The maximum atomic E-state index is 12.6. The molecule has 0 saturated carbocycles. The molecule has 3 aromatic carbocycles. The zero-order valence-electron chi connectivity index (χ0n) is 17.7. The number of rotatable bonds is 7. The minimum atomic E-state index is -0.225. The van der Waals surface area contributed by atoms with Crippen LogP contribution in [0, 0.1) is 0 Å². The van der Waals surface area contributed by atoms with E-state index in [0.717, 1.165) is 11.3 Å². The van der Waals surface area contributed by atoms with Crippen molar-refractivity contribution >= 4 is 23.1 Å². The fourth-order valence-corrected chi connectivity index (χ4v) is 3.12. The molecule has 1 heterocycles. The SMILES string of the molecule is COc1ccc(NC(=O)c2ccc(Nc3ccnc(-c4ccccc4)n3)cc2)cc1OC. The number of carbonyl (C=O) groups is 1. The highest BCUT2D eigenvalue weighted by atomic mass is 16.5. The van der Waals surface area contributed by atoms with Gasteiger partial charge in [0.15, 0.2) is 17.3 Å². The molecule has 0 bridgehead atoms. The third-order valence-corrected chi connectivity index (χ3v) is 4.75. The molecule has 4 aromatic rings. The number of carbonyl (C=O) groups excluding carboxylic acids is 1. The molecule has 1 amide bonds. The third-order valence-electron chi connectivity index (χ3n) is 4.75. The Balaban J connectivity index is 1.44. The molecule has 0 aliphatic heterocycles. The van der Waals surface area contributed by atoms with Gasteiger partial charge in [0.05, 0.1) is 14.2 Å². The van der Waals surface area contributed by atoms with Gasteiger partial charge in [0.25, 0.3) is 5.91 Å². The molecule has 0 radical (unpaired) electrons. The van der Waals surface area contributed by atoms with Crippen LogP contribution in [0.1, 0.15) is 10.4 Å². The number of aromatic nitrogens is 2. The van der Waals surface area contributed by atoms with Gasteiger partial charge in [-0.25, -0.2) is 9.97 Å². The zero-order chi connectivity index (χ0) is 22.3. The van der Waals surface area contributed by atoms with E-state index in [0.29, 0.717) is 34.4 Å². The van der Waals surface area contributed by atoms with Gasteiger partial charge in [0.2, 0.25) is 0 Å². The Morgan fingerprint density at radius 1 is 0.812 bits per heavy atom.